The van der Waals surface area contributed by atoms with Crippen LogP contribution in [-0.2, 0) is 4.74 Å². The third kappa shape index (κ3) is 2.29. The van der Waals surface area contributed by atoms with Gasteiger partial charge in [0.1, 0.15) is 0 Å². The summed E-state index contributed by atoms with van der Waals surface area (Å²) in [6.45, 7) is 3.26. The molecule has 1 atom stereocenters. The topological polar surface area (TPSA) is 35.2 Å². The van der Waals surface area contributed by atoms with Crippen LogP contribution >= 0.6 is 11.3 Å². The van der Waals surface area contributed by atoms with Crippen LogP contribution in [0.2, 0.25) is 0 Å². The van der Waals surface area contributed by atoms with E-state index in [1.165, 1.54) is 5.56 Å². The first-order valence-electron chi connectivity index (χ1n) is 3.72. The number of nitrogens with two attached hydrogens (primary N) is 1. The van der Waals surface area contributed by atoms with Gasteiger partial charge in [-0.05, 0) is 29.3 Å². The lowest BCUT2D eigenvalue weighted by atomic mass is 10.2. The van der Waals surface area contributed by atoms with Gasteiger partial charge in [-0.15, -0.1) is 0 Å². The maximum absolute atomic E-state index is 5.53. The van der Waals surface area contributed by atoms with Crippen LogP contribution in [0.4, 0.5) is 0 Å². The number of hydrogen-bond acceptors (Lipinski definition) is 3. The summed E-state index contributed by atoms with van der Waals surface area (Å²) < 4.78 is 5.42. The minimum Gasteiger partial charge on any atom is -0.372 e. The van der Waals surface area contributed by atoms with Crippen molar-refractivity contribution in [1.82, 2.24) is 0 Å². The molecule has 1 heterocycles. The highest BCUT2D eigenvalue weighted by molar-refractivity contribution is 7.07. The molecule has 62 valence electrons. The Labute approximate surface area is 71.0 Å². The van der Waals surface area contributed by atoms with E-state index < -0.39 is 0 Å². The molecule has 0 saturated carbocycles. The predicted octanol–water partition coefficient (Wildman–Crippen LogP) is 1.78. The minimum atomic E-state index is 0.0891. The summed E-state index contributed by atoms with van der Waals surface area (Å²) in [7, 11) is 0. The van der Waals surface area contributed by atoms with Gasteiger partial charge in [0.2, 0.25) is 0 Å². The third-order valence-corrected chi connectivity index (χ3v) is 2.20. The number of hydrogen-bond donors (Lipinski definition) is 1. The van der Waals surface area contributed by atoms with E-state index in [1.807, 2.05) is 12.3 Å². The van der Waals surface area contributed by atoms with Crippen molar-refractivity contribution in [3.63, 3.8) is 0 Å². The lowest BCUT2D eigenvalue weighted by molar-refractivity contribution is 0.0691. The van der Waals surface area contributed by atoms with E-state index in [2.05, 4.69) is 11.4 Å². The van der Waals surface area contributed by atoms with Crippen LogP contribution in [0.3, 0.4) is 0 Å². The Morgan fingerprint density at radius 1 is 1.73 bits per heavy atom. The molecule has 1 aromatic rings. The van der Waals surface area contributed by atoms with Crippen molar-refractivity contribution in [3.8, 4) is 0 Å². The molecule has 0 amide bonds. The molecule has 2 N–H and O–H groups in total. The predicted molar refractivity (Wildman–Crippen MR) is 47.7 cm³/mol. The Morgan fingerprint density at radius 3 is 3.00 bits per heavy atom. The van der Waals surface area contributed by atoms with Gasteiger partial charge in [-0.1, -0.05) is 0 Å². The Bertz CT molecular complexity index is 186. The Morgan fingerprint density at radius 2 is 2.55 bits per heavy atom. The van der Waals surface area contributed by atoms with Crippen LogP contribution in [0.15, 0.2) is 16.8 Å². The first-order chi connectivity index (χ1) is 5.38. The highest BCUT2D eigenvalue weighted by atomic mass is 32.1. The minimum absolute atomic E-state index is 0.0891. The van der Waals surface area contributed by atoms with E-state index in [9.17, 15) is 0 Å². The van der Waals surface area contributed by atoms with E-state index in [-0.39, 0.29) is 6.10 Å². The molecular formula is C8H13NOS. The molecule has 1 unspecified atom stereocenters. The van der Waals surface area contributed by atoms with Crippen molar-refractivity contribution in [2.45, 2.75) is 13.0 Å². The second-order valence-corrected chi connectivity index (χ2v) is 3.02. The van der Waals surface area contributed by atoms with Crippen molar-refractivity contribution in [2.75, 3.05) is 13.2 Å². The average molecular weight is 171 g/mol. The van der Waals surface area contributed by atoms with Crippen molar-refractivity contribution < 1.29 is 4.74 Å². The summed E-state index contributed by atoms with van der Waals surface area (Å²) in [5, 5.41) is 4.12. The maximum Gasteiger partial charge on any atom is 0.0954 e. The summed E-state index contributed by atoms with van der Waals surface area (Å²) in [4.78, 5) is 0. The average Bonchev–Trinajstić information content (AvgIpc) is 2.52. The lowest BCUT2D eigenvalue weighted by Crippen LogP contribution is -2.14. The zero-order valence-corrected chi connectivity index (χ0v) is 7.43. The molecule has 0 aliphatic rings. The van der Waals surface area contributed by atoms with Crippen molar-refractivity contribution >= 4 is 11.3 Å². The van der Waals surface area contributed by atoms with Gasteiger partial charge in [0, 0.05) is 13.2 Å². The number of ether oxygens (including phenoxy) is 1. The molecule has 3 heteroatoms. The van der Waals surface area contributed by atoms with Crippen LogP contribution in [0.25, 0.3) is 0 Å². The molecule has 1 rings (SSSR count). The zero-order valence-electron chi connectivity index (χ0n) is 6.62. The molecule has 0 aliphatic heterocycles. The first-order valence-corrected chi connectivity index (χ1v) is 4.66. The number of rotatable bonds is 4. The molecule has 2 nitrogen and oxygen atoms in total. The fourth-order valence-corrected chi connectivity index (χ4v) is 1.66. The zero-order chi connectivity index (χ0) is 8.10. The molecule has 0 aliphatic carbocycles. The molecule has 0 fully saturated rings. The molecule has 1 aromatic heterocycles. The van der Waals surface area contributed by atoms with Gasteiger partial charge in [-0.3, -0.25) is 0 Å². The van der Waals surface area contributed by atoms with E-state index in [4.69, 9.17) is 10.5 Å². The molecule has 0 bridgehead atoms. The van der Waals surface area contributed by atoms with Gasteiger partial charge < -0.3 is 10.5 Å². The fourth-order valence-electron chi connectivity index (χ4n) is 0.960. The second-order valence-electron chi connectivity index (χ2n) is 2.24. The van der Waals surface area contributed by atoms with E-state index in [1.54, 1.807) is 11.3 Å². The van der Waals surface area contributed by atoms with Gasteiger partial charge in [0.15, 0.2) is 0 Å². The Balaban J connectivity index is 2.56. The molecule has 0 spiro atoms. The maximum atomic E-state index is 5.53. The largest absolute Gasteiger partial charge is 0.372 e. The van der Waals surface area contributed by atoms with Crippen molar-refractivity contribution in [2.24, 2.45) is 5.73 Å². The van der Waals surface area contributed by atoms with E-state index in [0.717, 1.165) is 6.61 Å². The number of thiophene rings is 1. The van der Waals surface area contributed by atoms with Crippen LogP contribution in [0, 0.1) is 0 Å². The monoisotopic (exact) mass is 171 g/mol. The molecular weight excluding hydrogens is 158 g/mol. The summed E-state index contributed by atoms with van der Waals surface area (Å²) in [6, 6.07) is 2.05. The lowest BCUT2D eigenvalue weighted by Gasteiger charge is -2.12. The van der Waals surface area contributed by atoms with E-state index >= 15 is 0 Å². The fraction of sp³-hybridized carbons (Fsp3) is 0.500. The van der Waals surface area contributed by atoms with Crippen LogP contribution in [-0.4, -0.2) is 13.2 Å². The van der Waals surface area contributed by atoms with Crippen LogP contribution in [0.1, 0.15) is 18.6 Å². The van der Waals surface area contributed by atoms with Crippen molar-refractivity contribution in [1.29, 1.82) is 0 Å². The molecule has 0 radical (unpaired) electrons. The van der Waals surface area contributed by atoms with Gasteiger partial charge in [-0.2, -0.15) is 11.3 Å². The normalized spacial score (nSPS) is 13.3. The van der Waals surface area contributed by atoms with Gasteiger partial charge >= 0.3 is 0 Å². The summed E-state index contributed by atoms with van der Waals surface area (Å²) >= 11 is 1.67. The SMILES string of the molecule is CCOC(CN)c1ccsc1. The standard InChI is InChI=1S/C8H13NOS/c1-2-10-8(5-9)7-3-4-11-6-7/h3-4,6,8H,2,5,9H2,1H3. The molecule has 11 heavy (non-hydrogen) atoms. The highest BCUT2D eigenvalue weighted by Crippen LogP contribution is 2.18. The van der Waals surface area contributed by atoms with Crippen LogP contribution < -0.4 is 5.73 Å². The van der Waals surface area contributed by atoms with Gasteiger partial charge in [0.25, 0.3) is 0 Å². The van der Waals surface area contributed by atoms with Gasteiger partial charge in [0.05, 0.1) is 6.10 Å². The molecule has 0 aromatic carbocycles. The summed E-state index contributed by atoms with van der Waals surface area (Å²) in [5.41, 5.74) is 6.72. The smallest absolute Gasteiger partial charge is 0.0954 e. The summed E-state index contributed by atoms with van der Waals surface area (Å²) in [5.74, 6) is 0. The second kappa shape index (κ2) is 4.49. The van der Waals surface area contributed by atoms with Gasteiger partial charge in [-0.25, -0.2) is 0 Å². The highest BCUT2D eigenvalue weighted by Gasteiger charge is 2.08. The Hall–Kier alpha value is -0.380. The first kappa shape index (κ1) is 8.71. The molecule has 0 saturated heterocycles. The van der Waals surface area contributed by atoms with E-state index in [0.29, 0.717) is 6.54 Å². The summed E-state index contributed by atoms with van der Waals surface area (Å²) in [6.07, 6.45) is 0.0891. The third-order valence-electron chi connectivity index (χ3n) is 1.50. The van der Waals surface area contributed by atoms with Crippen molar-refractivity contribution in [3.05, 3.63) is 22.4 Å². The van der Waals surface area contributed by atoms with Crippen LogP contribution in [0.5, 0.6) is 0 Å². The quantitative estimate of drug-likeness (QED) is 0.749. The Kier molecular flexibility index (Phi) is 3.56.